The van der Waals surface area contributed by atoms with Crippen LogP contribution in [-0.2, 0) is 11.3 Å². The van der Waals surface area contributed by atoms with Crippen LogP contribution in [0.2, 0.25) is 0 Å². The Morgan fingerprint density at radius 3 is 2.92 bits per heavy atom. The molecule has 0 atom stereocenters. The van der Waals surface area contributed by atoms with Crippen molar-refractivity contribution in [2.24, 2.45) is 0 Å². The summed E-state index contributed by atoms with van der Waals surface area (Å²) < 4.78 is 19.2. The minimum atomic E-state index is -0.553. The molecule has 0 fully saturated rings. The lowest BCUT2D eigenvalue weighted by Crippen LogP contribution is -2.25. The van der Waals surface area contributed by atoms with Gasteiger partial charge in [0.15, 0.2) is 12.4 Å². The van der Waals surface area contributed by atoms with E-state index in [0.29, 0.717) is 15.7 Å². The van der Waals surface area contributed by atoms with Crippen LogP contribution in [0.1, 0.15) is 5.56 Å². The molecule has 0 saturated heterocycles. The summed E-state index contributed by atoms with van der Waals surface area (Å²) in [6.45, 7) is -0.0278. The maximum absolute atomic E-state index is 13.3. The summed E-state index contributed by atoms with van der Waals surface area (Å²) in [5.74, 6) is -0.510. The van der Waals surface area contributed by atoms with E-state index in [2.05, 4.69) is 26.6 Å². The number of amides is 1. The van der Waals surface area contributed by atoms with Crippen molar-refractivity contribution in [3.05, 3.63) is 56.3 Å². The van der Waals surface area contributed by atoms with Gasteiger partial charge in [-0.25, -0.2) is 4.39 Å². The fourth-order valence-corrected chi connectivity index (χ4v) is 2.66. The fraction of sp³-hybridized carbons (Fsp3) is 0.133. The minimum Gasteiger partial charge on any atom is -0.481 e. The maximum Gasteiger partial charge on any atom is 0.296 e. The predicted molar refractivity (Wildman–Crippen MR) is 88.6 cm³/mol. The predicted octanol–water partition coefficient (Wildman–Crippen LogP) is 3.44. The SMILES string of the molecule is O=C1COc2cc([N+](=O)[O-])c(NCc3cc(F)ccc3Br)cc2N1. The second-order valence-corrected chi connectivity index (χ2v) is 5.90. The average molecular weight is 396 g/mol. The van der Waals surface area contributed by atoms with Gasteiger partial charge in [0.2, 0.25) is 0 Å². The van der Waals surface area contributed by atoms with Crippen LogP contribution in [0.15, 0.2) is 34.8 Å². The van der Waals surface area contributed by atoms with Gasteiger partial charge in [-0.15, -0.1) is 0 Å². The van der Waals surface area contributed by atoms with Crippen LogP contribution < -0.4 is 15.4 Å². The van der Waals surface area contributed by atoms with Crippen molar-refractivity contribution in [1.82, 2.24) is 0 Å². The van der Waals surface area contributed by atoms with Gasteiger partial charge in [-0.2, -0.15) is 0 Å². The first kappa shape index (κ1) is 16.2. The molecule has 2 aromatic carbocycles. The van der Waals surface area contributed by atoms with Crippen molar-refractivity contribution in [3.8, 4) is 5.75 Å². The Morgan fingerprint density at radius 1 is 1.38 bits per heavy atom. The Balaban J connectivity index is 1.91. The number of carbonyl (C=O) groups is 1. The molecular formula is C15H11BrFN3O4. The lowest BCUT2D eigenvalue weighted by atomic mass is 10.1. The Hall–Kier alpha value is -2.68. The van der Waals surface area contributed by atoms with E-state index in [1.54, 1.807) is 6.07 Å². The van der Waals surface area contributed by atoms with Crippen molar-refractivity contribution in [2.75, 3.05) is 17.2 Å². The van der Waals surface area contributed by atoms with E-state index in [-0.39, 0.29) is 36.2 Å². The highest BCUT2D eigenvalue weighted by Crippen LogP contribution is 2.38. The first-order valence-electron chi connectivity index (χ1n) is 6.87. The number of nitro benzene ring substituents is 1. The zero-order chi connectivity index (χ0) is 17.3. The third kappa shape index (κ3) is 3.30. The molecule has 0 unspecified atom stereocenters. The van der Waals surface area contributed by atoms with E-state index in [9.17, 15) is 19.3 Å². The van der Waals surface area contributed by atoms with Gasteiger partial charge in [0, 0.05) is 11.0 Å². The molecule has 0 aromatic heterocycles. The van der Waals surface area contributed by atoms with Gasteiger partial charge in [-0.3, -0.25) is 14.9 Å². The number of ether oxygens (including phenoxy) is 1. The number of halogens is 2. The summed E-state index contributed by atoms with van der Waals surface area (Å²) in [7, 11) is 0. The molecule has 1 heterocycles. The van der Waals surface area contributed by atoms with Gasteiger partial charge >= 0.3 is 0 Å². The summed E-state index contributed by atoms with van der Waals surface area (Å²) in [4.78, 5) is 22.1. The Kier molecular flexibility index (Phi) is 4.34. The van der Waals surface area contributed by atoms with Crippen molar-refractivity contribution >= 4 is 38.9 Å². The van der Waals surface area contributed by atoms with Crippen LogP contribution in [0.5, 0.6) is 5.75 Å². The fourth-order valence-electron chi connectivity index (χ4n) is 2.28. The van der Waals surface area contributed by atoms with Crippen molar-refractivity contribution in [3.63, 3.8) is 0 Å². The number of rotatable bonds is 4. The molecule has 0 spiro atoms. The molecule has 9 heteroatoms. The average Bonchev–Trinajstić information content (AvgIpc) is 2.54. The van der Waals surface area contributed by atoms with Crippen molar-refractivity contribution in [1.29, 1.82) is 0 Å². The number of nitrogens with zero attached hydrogens (tertiary/aromatic N) is 1. The highest BCUT2D eigenvalue weighted by Gasteiger charge is 2.23. The highest BCUT2D eigenvalue weighted by molar-refractivity contribution is 9.10. The molecule has 1 aliphatic heterocycles. The van der Waals surface area contributed by atoms with E-state index in [1.165, 1.54) is 24.3 Å². The first-order valence-corrected chi connectivity index (χ1v) is 7.66. The van der Waals surface area contributed by atoms with E-state index < -0.39 is 10.7 Å². The van der Waals surface area contributed by atoms with Gasteiger partial charge in [-0.05, 0) is 29.8 Å². The monoisotopic (exact) mass is 395 g/mol. The molecule has 3 rings (SSSR count). The topological polar surface area (TPSA) is 93.5 Å². The zero-order valence-electron chi connectivity index (χ0n) is 12.1. The second-order valence-electron chi connectivity index (χ2n) is 5.05. The van der Waals surface area contributed by atoms with Gasteiger partial charge in [0.05, 0.1) is 16.7 Å². The van der Waals surface area contributed by atoms with E-state index in [4.69, 9.17) is 4.74 Å². The number of nitro groups is 1. The molecule has 0 aliphatic carbocycles. The molecule has 0 radical (unpaired) electrons. The molecule has 2 aromatic rings. The summed E-state index contributed by atoms with van der Waals surface area (Å²) in [5, 5.41) is 16.7. The van der Waals surface area contributed by atoms with Crippen LogP contribution in [0, 0.1) is 15.9 Å². The zero-order valence-corrected chi connectivity index (χ0v) is 13.7. The van der Waals surface area contributed by atoms with E-state index in [0.717, 1.165) is 0 Å². The number of hydrogen-bond acceptors (Lipinski definition) is 5. The van der Waals surface area contributed by atoms with Gasteiger partial charge in [0.25, 0.3) is 11.6 Å². The normalized spacial score (nSPS) is 12.8. The quantitative estimate of drug-likeness (QED) is 0.610. The van der Waals surface area contributed by atoms with Crippen LogP contribution in [0.4, 0.5) is 21.5 Å². The number of nitrogens with one attached hydrogen (secondary N) is 2. The maximum atomic E-state index is 13.3. The number of anilines is 2. The number of benzene rings is 2. The molecule has 124 valence electrons. The van der Waals surface area contributed by atoms with E-state index in [1.807, 2.05) is 0 Å². The van der Waals surface area contributed by atoms with Gasteiger partial charge in [0.1, 0.15) is 11.5 Å². The molecule has 7 nitrogen and oxygen atoms in total. The van der Waals surface area contributed by atoms with E-state index >= 15 is 0 Å². The Bertz CT molecular complexity index is 844. The van der Waals surface area contributed by atoms with Crippen LogP contribution in [0.25, 0.3) is 0 Å². The Morgan fingerprint density at radius 2 is 2.17 bits per heavy atom. The summed E-state index contributed by atoms with van der Waals surface area (Å²) in [5.41, 5.74) is 0.943. The molecular weight excluding hydrogens is 385 g/mol. The Labute approximate surface area is 144 Å². The second kappa shape index (κ2) is 6.44. The number of hydrogen-bond donors (Lipinski definition) is 2. The summed E-state index contributed by atoms with van der Waals surface area (Å²) in [6, 6.07) is 6.87. The molecule has 0 saturated carbocycles. The van der Waals surface area contributed by atoms with Crippen LogP contribution in [0.3, 0.4) is 0 Å². The summed E-state index contributed by atoms with van der Waals surface area (Å²) >= 11 is 3.30. The first-order chi connectivity index (χ1) is 11.4. The lowest BCUT2D eigenvalue weighted by molar-refractivity contribution is -0.384. The van der Waals surface area contributed by atoms with Gasteiger partial charge in [-0.1, -0.05) is 15.9 Å². The minimum absolute atomic E-state index is 0.159. The number of fused-ring (bicyclic) bond motifs is 1. The third-order valence-corrected chi connectivity index (χ3v) is 4.18. The van der Waals surface area contributed by atoms with Gasteiger partial charge < -0.3 is 15.4 Å². The summed E-state index contributed by atoms with van der Waals surface area (Å²) in [6.07, 6.45) is 0. The van der Waals surface area contributed by atoms with Crippen LogP contribution >= 0.6 is 15.9 Å². The molecule has 2 N–H and O–H groups in total. The highest BCUT2D eigenvalue weighted by atomic mass is 79.9. The van der Waals surface area contributed by atoms with Crippen molar-refractivity contribution < 1.29 is 18.8 Å². The smallest absolute Gasteiger partial charge is 0.296 e. The largest absolute Gasteiger partial charge is 0.481 e. The molecule has 0 bridgehead atoms. The third-order valence-electron chi connectivity index (χ3n) is 3.40. The molecule has 24 heavy (non-hydrogen) atoms. The molecule has 1 aliphatic rings. The lowest BCUT2D eigenvalue weighted by Gasteiger charge is -2.19. The number of carbonyl (C=O) groups excluding carboxylic acids is 1. The standard InChI is InChI=1S/C15H11BrFN3O4/c16-10-2-1-9(17)3-8(10)6-18-11-4-12-14(5-13(11)20(22)23)24-7-15(21)19-12/h1-5,18H,6-7H2,(H,19,21). The van der Waals surface area contributed by atoms with Crippen LogP contribution in [-0.4, -0.2) is 17.4 Å². The van der Waals surface area contributed by atoms with Crippen molar-refractivity contribution in [2.45, 2.75) is 6.54 Å². The molecule has 1 amide bonds.